The van der Waals surface area contributed by atoms with Crippen molar-refractivity contribution in [2.45, 2.75) is 0 Å². The lowest BCUT2D eigenvalue weighted by Gasteiger charge is -2.07. The van der Waals surface area contributed by atoms with Gasteiger partial charge in [-0.25, -0.2) is 5.43 Å². The lowest BCUT2D eigenvalue weighted by atomic mass is 10.2. The molecule has 2 rings (SSSR count). The maximum atomic E-state index is 12.6. The molecule has 0 aliphatic rings. The van der Waals surface area contributed by atoms with Crippen LogP contribution < -0.4 is 11.2 Å². The van der Waals surface area contributed by atoms with Crippen molar-refractivity contribution in [3.05, 3.63) is 46.1 Å². The molecular weight excluding hydrogens is 348 g/mol. The number of hydrogen-bond donors (Lipinski definition) is 2. The minimum Gasteiger partial charge on any atom is -0.455 e. The molecule has 1 aromatic heterocycles. The molecule has 0 bridgehead atoms. The predicted molar refractivity (Wildman–Crippen MR) is 86.5 cm³/mol. The van der Waals surface area contributed by atoms with Crippen molar-refractivity contribution in [2.75, 3.05) is 7.11 Å². The topological polar surface area (TPSA) is 88.4 Å². The number of rotatable bonds is 5. The van der Waals surface area contributed by atoms with Gasteiger partial charge in [0.2, 0.25) is 5.96 Å². The maximum absolute atomic E-state index is 12.6. The molecule has 122 valence electrons. The molecule has 0 amide bonds. The highest BCUT2D eigenvalue weighted by Gasteiger charge is 2.10. The highest BCUT2D eigenvalue weighted by atomic mass is 35.5. The zero-order valence-electron chi connectivity index (χ0n) is 11.8. The van der Waals surface area contributed by atoms with Gasteiger partial charge in [-0.1, -0.05) is 33.7 Å². The van der Waals surface area contributed by atoms with E-state index in [1.165, 1.54) is 6.21 Å². The molecule has 0 fully saturated rings. The van der Waals surface area contributed by atoms with Gasteiger partial charge in [-0.05, 0) is 24.3 Å². The summed E-state index contributed by atoms with van der Waals surface area (Å²) in [5.41, 5.74) is 7.95. The summed E-state index contributed by atoms with van der Waals surface area (Å²) < 4.78 is 18.2. The zero-order chi connectivity index (χ0) is 16.8. The van der Waals surface area contributed by atoms with Crippen molar-refractivity contribution in [2.24, 2.45) is 15.9 Å². The average molecular weight is 360 g/mol. The third kappa shape index (κ3) is 4.67. The summed E-state index contributed by atoms with van der Waals surface area (Å²) in [5, 5.41) is 7.75. The molecule has 3 N–H and O–H groups in total. The Bertz CT molecular complexity index is 735. The fraction of sp³-hybridized carbons (Fsp3) is 0.0769. The van der Waals surface area contributed by atoms with Crippen molar-refractivity contribution >= 4 is 35.4 Å². The van der Waals surface area contributed by atoms with Crippen LogP contribution in [0.3, 0.4) is 0 Å². The van der Waals surface area contributed by atoms with E-state index in [2.05, 4.69) is 15.0 Å². The van der Waals surface area contributed by atoms with Gasteiger partial charge < -0.3 is 10.2 Å². The minimum atomic E-state index is -0.310. The molecule has 0 atom stereocenters. The second kappa shape index (κ2) is 7.93. The van der Waals surface area contributed by atoms with Crippen LogP contribution in [0.4, 0.5) is 4.48 Å². The number of furan rings is 1. The Balaban J connectivity index is 2.09. The molecule has 0 unspecified atom stereocenters. The third-order valence-electron chi connectivity index (χ3n) is 2.56. The van der Waals surface area contributed by atoms with Crippen LogP contribution in [0.2, 0.25) is 10.0 Å². The van der Waals surface area contributed by atoms with Gasteiger partial charge in [-0.2, -0.15) is 5.10 Å². The minimum absolute atomic E-state index is 0.222. The molecular formula is C13H12Cl2FN5O2. The number of hydrogen-bond acceptors (Lipinski definition) is 5. The Morgan fingerprint density at radius 1 is 1.39 bits per heavy atom. The van der Waals surface area contributed by atoms with Crippen LogP contribution >= 0.6 is 23.2 Å². The van der Waals surface area contributed by atoms with Crippen molar-refractivity contribution in [3.63, 3.8) is 0 Å². The monoisotopic (exact) mass is 359 g/mol. The largest absolute Gasteiger partial charge is 0.455 e. The van der Waals surface area contributed by atoms with E-state index in [9.17, 15) is 4.48 Å². The van der Waals surface area contributed by atoms with E-state index in [4.69, 9.17) is 33.4 Å². The van der Waals surface area contributed by atoms with Crippen LogP contribution in [-0.2, 0) is 4.84 Å². The van der Waals surface area contributed by atoms with Crippen LogP contribution in [0.25, 0.3) is 11.3 Å². The SMILES string of the molecule is CON(F)N/C(N)=N\N=C\c1ccc(-c2cccc(Cl)c2Cl)o1. The number of benzene rings is 1. The Labute approximate surface area is 141 Å². The number of hydrazine groups is 1. The molecule has 0 saturated carbocycles. The highest BCUT2D eigenvalue weighted by molar-refractivity contribution is 6.43. The van der Waals surface area contributed by atoms with Gasteiger partial charge in [0.25, 0.3) is 0 Å². The number of guanidine groups is 1. The van der Waals surface area contributed by atoms with Crippen LogP contribution in [0.15, 0.2) is 45.0 Å². The number of nitrogens with one attached hydrogen (secondary N) is 1. The van der Waals surface area contributed by atoms with Gasteiger partial charge in [-0.3, -0.25) is 4.84 Å². The van der Waals surface area contributed by atoms with Crippen LogP contribution in [-0.4, -0.2) is 24.7 Å². The first-order valence-electron chi connectivity index (χ1n) is 6.18. The standard InChI is InChI=1S/C13H12Cl2FN5O2/c1-22-21(16)20-13(17)19-18-7-8-5-6-11(23-8)9-3-2-4-10(14)12(9)15/h2-7H,1H3,(H3,17,19,20)/b18-7+. The smallest absolute Gasteiger partial charge is 0.232 e. The van der Waals surface area contributed by atoms with E-state index in [-0.39, 0.29) is 11.4 Å². The quantitative estimate of drug-likeness (QED) is 0.370. The van der Waals surface area contributed by atoms with Crippen molar-refractivity contribution in [1.82, 2.24) is 10.8 Å². The summed E-state index contributed by atoms with van der Waals surface area (Å²) in [4.78, 5) is 4.16. The summed E-state index contributed by atoms with van der Waals surface area (Å²) in [6, 6.07) is 8.57. The lowest BCUT2D eigenvalue weighted by molar-refractivity contribution is -0.284. The molecule has 7 nitrogen and oxygen atoms in total. The van der Waals surface area contributed by atoms with Crippen LogP contribution in [0, 0.1) is 0 Å². The Kier molecular flexibility index (Phi) is 5.94. The second-order valence-corrected chi connectivity index (χ2v) is 4.86. The van der Waals surface area contributed by atoms with E-state index < -0.39 is 0 Å². The Hall–Kier alpha value is -2.13. The van der Waals surface area contributed by atoms with Crippen molar-refractivity contribution in [1.29, 1.82) is 0 Å². The summed E-state index contributed by atoms with van der Waals surface area (Å²) >= 11 is 12.1. The van der Waals surface area contributed by atoms with E-state index in [0.717, 1.165) is 7.11 Å². The van der Waals surface area contributed by atoms with E-state index in [0.29, 0.717) is 27.1 Å². The molecule has 1 aromatic carbocycles. The molecule has 23 heavy (non-hydrogen) atoms. The van der Waals surface area contributed by atoms with Crippen molar-refractivity contribution < 1.29 is 13.7 Å². The summed E-state index contributed by atoms with van der Waals surface area (Å²) in [7, 11) is 1.11. The first-order chi connectivity index (χ1) is 11.0. The molecule has 0 aliphatic carbocycles. The lowest BCUT2D eigenvalue weighted by Crippen LogP contribution is -2.40. The maximum Gasteiger partial charge on any atom is 0.232 e. The molecule has 0 radical (unpaired) electrons. The summed E-state index contributed by atoms with van der Waals surface area (Å²) in [6.07, 6.45) is 1.30. The van der Waals surface area contributed by atoms with E-state index in [1.807, 2.05) is 5.43 Å². The van der Waals surface area contributed by atoms with Crippen molar-refractivity contribution in [3.8, 4) is 11.3 Å². The number of nitrogens with zero attached hydrogens (tertiary/aromatic N) is 3. The van der Waals surface area contributed by atoms with E-state index in [1.54, 1.807) is 30.3 Å². The molecule has 1 heterocycles. The molecule has 0 saturated heterocycles. The molecule has 0 spiro atoms. The van der Waals surface area contributed by atoms with Crippen LogP contribution in [0.1, 0.15) is 5.76 Å². The summed E-state index contributed by atoms with van der Waals surface area (Å²) in [6.45, 7) is 0. The number of halogens is 3. The normalized spacial score (nSPS) is 12.3. The van der Waals surface area contributed by atoms with Gasteiger partial charge in [0.1, 0.15) is 11.5 Å². The molecule has 10 heteroatoms. The average Bonchev–Trinajstić information content (AvgIpc) is 2.98. The highest BCUT2D eigenvalue weighted by Crippen LogP contribution is 2.34. The fourth-order valence-corrected chi connectivity index (χ4v) is 1.96. The Morgan fingerprint density at radius 2 is 2.17 bits per heavy atom. The molecule has 2 aromatic rings. The van der Waals surface area contributed by atoms with Gasteiger partial charge in [0.15, 0.2) is 0 Å². The third-order valence-corrected chi connectivity index (χ3v) is 3.38. The first-order valence-corrected chi connectivity index (χ1v) is 6.94. The predicted octanol–water partition coefficient (Wildman–Crippen LogP) is 3.15. The van der Waals surface area contributed by atoms with Gasteiger partial charge in [-0.15, -0.1) is 5.10 Å². The second-order valence-electron chi connectivity index (χ2n) is 4.07. The number of nitrogens with two attached hydrogens (primary N) is 1. The molecule has 0 aliphatic heterocycles. The van der Waals surface area contributed by atoms with Gasteiger partial charge in [0, 0.05) is 5.56 Å². The van der Waals surface area contributed by atoms with Gasteiger partial charge >= 0.3 is 0 Å². The first kappa shape index (κ1) is 17.2. The van der Waals surface area contributed by atoms with E-state index >= 15 is 0 Å². The fourth-order valence-electron chi connectivity index (χ4n) is 1.57. The van der Waals surface area contributed by atoms with Crippen LogP contribution in [0.5, 0.6) is 0 Å². The zero-order valence-corrected chi connectivity index (χ0v) is 13.3. The summed E-state index contributed by atoms with van der Waals surface area (Å²) in [5.74, 6) is 0.607. The Morgan fingerprint density at radius 3 is 2.91 bits per heavy atom. The van der Waals surface area contributed by atoms with Gasteiger partial charge in [0.05, 0.1) is 28.8 Å².